The molecule has 2 aromatic carbocycles. The molecule has 156 valence electrons. The van der Waals surface area contributed by atoms with Gasteiger partial charge in [0, 0.05) is 11.8 Å². The van der Waals surface area contributed by atoms with Crippen molar-refractivity contribution in [3.05, 3.63) is 71.9 Å². The molecule has 0 aliphatic carbocycles. The second-order valence-corrected chi connectivity index (χ2v) is 7.68. The van der Waals surface area contributed by atoms with Crippen LogP contribution in [-0.4, -0.2) is 33.8 Å². The molecule has 0 spiro atoms. The molecule has 5 rings (SSSR count). The van der Waals surface area contributed by atoms with Gasteiger partial charge in [-0.05, 0) is 43.7 Å². The van der Waals surface area contributed by atoms with Gasteiger partial charge in [-0.15, -0.1) is 0 Å². The van der Waals surface area contributed by atoms with Gasteiger partial charge in [0.25, 0.3) is 5.89 Å². The van der Waals surface area contributed by atoms with Crippen LogP contribution in [0.2, 0.25) is 0 Å². The maximum absolute atomic E-state index is 13.2. The number of rotatable bonds is 4. The van der Waals surface area contributed by atoms with E-state index < -0.39 is 0 Å². The van der Waals surface area contributed by atoms with Crippen molar-refractivity contribution in [1.82, 2.24) is 14.7 Å². The van der Waals surface area contributed by atoms with Crippen LogP contribution in [0.15, 0.2) is 65.3 Å². The minimum atomic E-state index is -0.0223. The van der Waals surface area contributed by atoms with E-state index in [0.29, 0.717) is 30.6 Å². The molecule has 4 aromatic rings. The van der Waals surface area contributed by atoms with Crippen molar-refractivity contribution in [2.24, 2.45) is 0 Å². The number of aromatic nitrogens is 3. The molecule has 0 unspecified atom stereocenters. The SMILES string of the molecule is Cc1ccc(-c2noc(-c3cccn3CC(=O)N3CCOc4ccc(C)cc43)n2)cc1. The van der Waals surface area contributed by atoms with Gasteiger partial charge in [-0.3, -0.25) is 4.79 Å². The maximum Gasteiger partial charge on any atom is 0.274 e. The van der Waals surface area contributed by atoms with Crippen LogP contribution in [0.3, 0.4) is 0 Å². The van der Waals surface area contributed by atoms with Crippen LogP contribution in [0, 0.1) is 13.8 Å². The summed E-state index contributed by atoms with van der Waals surface area (Å²) in [6, 6.07) is 17.6. The van der Waals surface area contributed by atoms with Crippen LogP contribution in [0.25, 0.3) is 23.0 Å². The molecule has 0 fully saturated rings. The molecule has 1 aliphatic heterocycles. The Morgan fingerprint density at radius 1 is 1.06 bits per heavy atom. The fourth-order valence-corrected chi connectivity index (χ4v) is 3.71. The van der Waals surface area contributed by atoms with Gasteiger partial charge in [0.05, 0.1) is 12.2 Å². The molecule has 0 bridgehead atoms. The largest absolute Gasteiger partial charge is 0.490 e. The Morgan fingerprint density at radius 3 is 2.71 bits per heavy atom. The Kier molecular flexibility index (Phi) is 4.78. The van der Waals surface area contributed by atoms with Crippen LogP contribution in [0.4, 0.5) is 5.69 Å². The van der Waals surface area contributed by atoms with Crippen molar-refractivity contribution >= 4 is 11.6 Å². The maximum atomic E-state index is 13.2. The summed E-state index contributed by atoms with van der Waals surface area (Å²) in [5, 5.41) is 4.11. The minimum Gasteiger partial charge on any atom is -0.490 e. The monoisotopic (exact) mass is 414 g/mol. The summed E-state index contributed by atoms with van der Waals surface area (Å²) in [6.45, 7) is 5.19. The molecule has 0 atom stereocenters. The first kappa shape index (κ1) is 19.1. The topological polar surface area (TPSA) is 73.4 Å². The molecule has 31 heavy (non-hydrogen) atoms. The van der Waals surface area contributed by atoms with Crippen molar-refractivity contribution in [2.45, 2.75) is 20.4 Å². The number of aryl methyl sites for hydroxylation is 2. The Balaban J connectivity index is 1.39. The van der Waals surface area contributed by atoms with Crippen LogP contribution < -0.4 is 9.64 Å². The molecule has 2 aromatic heterocycles. The summed E-state index contributed by atoms with van der Waals surface area (Å²) in [7, 11) is 0. The summed E-state index contributed by atoms with van der Waals surface area (Å²) < 4.78 is 13.0. The highest BCUT2D eigenvalue weighted by Crippen LogP contribution is 2.33. The fraction of sp³-hybridized carbons (Fsp3) is 0.208. The second-order valence-electron chi connectivity index (χ2n) is 7.68. The zero-order valence-corrected chi connectivity index (χ0v) is 17.4. The number of fused-ring (bicyclic) bond motifs is 1. The number of benzene rings is 2. The van der Waals surface area contributed by atoms with Crippen LogP contribution in [0.1, 0.15) is 11.1 Å². The Hall–Kier alpha value is -3.87. The zero-order chi connectivity index (χ0) is 21.4. The average molecular weight is 414 g/mol. The smallest absolute Gasteiger partial charge is 0.274 e. The summed E-state index contributed by atoms with van der Waals surface area (Å²) in [5.74, 6) is 1.61. The number of carbonyl (C=O) groups excluding carboxylic acids is 1. The number of ether oxygens (including phenoxy) is 1. The Morgan fingerprint density at radius 2 is 1.87 bits per heavy atom. The van der Waals surface area contributed by atoms with E-state index in [1.165, 1.54) is 5.56 Å². The van der Waals surface area contributed by atoms with E-state index in [2.05, 4.69) is 10.1 Å². The van der Waals surface area contributed by atoms with Crippen LogP contribution in [-0.2, 0) is 11.3 Å². The first-order chi connectivity index (χ1) is 15.1. The molecule has 0 saturated heterocycles. The number of anilines is 1. The van der Waals surface area contributed by atoms with E-state index in [4.69, 9.17) is 9.26 Å². The summed E-state index contributed by atoms with van der Waals surface area (Å²) in [5.41, 5.74) is 4.65. The first-order valence-electron chi connectivity index (χ1n) is 10.2. The number of hydrogen-bond acceptors (Lipinski definition) is 5. The summed E-state index contributed by atoms with van der Waals surface area (Å²) >= 11 is 0. The Labute approximate surface area is 179 Å². The summed E-state index contributed by atoms with van der Waals surface area (Å²) in [6.07, 6.45) is 1.85. The van der Waals surface area contributed by atoms with Gasteiger partial charge in [0.1, 0.15) is 24.6 Å². The van der Waals surface area contributed by atoms with Crippen molar-refractivity contribution < 1.29 is 14.1 Å². The summed E-state index contributed by atoms with van der Waals surface area (Å²) in [4.78, 5) is 19.5. The van der Waals surface area contributed by atoms with E-state index in [9.17, 15) is 4.79 Å². The lowest BCUT2D eigenvalue weighted by Crippen LogP contribution is -2.39. The second kappa shape index (κ2) is 7.75. The Bertz CT molecular complexity index is 1240. The van der Waals surface area contributed by atoms with E-state index >= 15 is 0 Å². The van der Waals surface area contributed by atoms with Gasteiger partial charge in [0.15, 0.2) is 0 Å². The minimum absolute atomic E-state index is 0.0223. The van der Waals surface area contributed by atoms with Gasteiger partial charge in [-0.25, -0.2) is 0 Å². The molecule has 1 amide bonds. The third-order valence-corrected chi connectivity index (χ3v) is 5.37. The highest BCUT2D eigenvalue weighted by molar-refractivity contribution is 5.95. The molecule has 1 aliphatic rings. The van der Waals surface area contributed by atoms with E-state index in [0.717, 1.165) is 22.6 Å². The molecular formula is C24H22N4O3. The average Bonchev–Trinajstić information content (AvgIpc) is 3.43. The molecule has 0 N–H and O–H groups in total. The van der Waals surface area contributed by atoms with Crippen LogP contribution in [0.5, 0.6) is 5.75 Å². The number of amides is 1. The highest BCUT2D eigenvalue weighted by atomic mass is 16.5. The predicted molar refractivity (Wildman–Crippen MR) is 117 cm³/mol. The molecular weight excluding hydrogens is 392 g/mol. The van der Waals surface area contributed by atoms with Gasteiger partial charge in [-0.2, -0.15) is 4.98 Å². The number of hydrogen-bond donors (Lipinski definition) is 0. The number of nitrogens with zero attached hydrogens (tertiary/aromatic N) is 4. The quantitative estimate of drug-likeness (QED) is 0.499. The van der Waals surface area contributed by atoms with Crippen molar-refractivity contribution in [1.29, 1.82) is 0 Å². The number of carbonyl (C=O) groups is 1. The van der Waals surface area contributed by atoms with E-state index in [-0.39, 0.29) is 12.5 Å². The zero-order valence-electron chi connectivity index (χ0n) is 17.4. The molecule has 7 heteroatoms. The van der Waals surface area contributed by atoms with Crippen molar-refractivity contribution in [2.75, 3.05) is 18.1 Å². The molecule has 3 heterocycles. The molecule has 0 saturated carbocycles. The highest BCUT2D eigenvalue weighted by Gasteiger charge is 2.25. The molecule has 0 radical (unpaired) electrons. The third-order valence-electron chi connectivity index (χ3n) is 5.37. The first-order valence-corrected chi connectivity index (χ1v) is 10.2. The standard InChI is InChI=1S/C24H22N4O3/c1-16-5-8-18(9-6-16)23-25-24(31-26-23)19-4-3-11-27(19)15-22(29)28-12-13-30-21-10-7-17(2)14-20(21)28/h3-11,14H,12-13,15H2,1-2H3. The third kappa shape index (κ3) is 3.70. The fourth-order valence-electron chi connectivity index (χ4n) is 3.71. The lowest BCUT2D eigenvalue weighted by atomic mass is 10.1. The normalized spacial score (nSPS) is 13.0. The predicted octanol–water partition coefficient (Wildman–Crippen LogP) is 4.25. The lowest BCUT2D eigenvalue weighted by molar-refractivity contribution is -0.119. The van der Waals surface area contributed by atoms with Gasteiger partial charge < -0.3 is 18.7 Å². The molecule has 7 nitrogen and oxygen atoms in total. The van der Waals surface area contributed by atoms with Gasteiger partial charge >= 0.3 is 0 Å². The van der Waals surface area contributed by atoms with Gasteiger partial charge in [0.2, 0.25) is 11.7 Å². The van der Waals surface area contributed by atoms with Gasteiger partial charge in [-0.1, -0.05) is 41.1 Å². The van der Waals surface area contributed by atoms with Crippen LogP contribution >= 0.6 is 0 Å². The van der Waals surface area contributed by atoms with Crippen molar-refractivity contribution in [3.63, 3.8) is 0 Å². The lowest BCUT2D eigenvalue weighted by Gasteiger charge is -2.30. The van der Waals surface area contributed by atoms with Crippen molar-refractivity contribution in [3.8, 4) is 28.7 Å². The van der Waals surface area contributed by atoms with E-state index in [1.807, 2.05) is 79.2 Å². The van der Waals surface area contributed by atoms with E-state index in [1.54, 1.807) is 4.90 Å².